The van der Waals surface area contributed by atoms with Crippen LogP contribution >= 0.6 is 0 Å². The van der Waals surface area contributed by atoms with Gasteiger partial charge in [0.05, 0.1) is 6.10 Å². The van der Waals surface area contributed by atoms with Crippen molar-refractivity contribution in [3.05, 3.63) is 0 Å². The van der Waals surface area contributed by atoms with Crippen LogP contribution in [0, 0.1) is 0 Å². The molecule has 3 nitrogen and oxygen atoms in total. The molecule has 0 amide bonds. The SMILES string of the molecule is O=C[C@H](O)C[C@H](O)CF. The molecule has 2 atom stereocenters. The van der Waals surface area contributed by atoms with Crippen LogP contribution in [0.2, 0.25) is 0 Å². The number of aliphatic hydroxyl groups excluding tert-OH is 2. The molecule has 0 aromatic heterocycles. The van der Waals surface area contributed by atoms with Gasteiger partial charge in [0.2, 0.25) is 0 Å². The molecule has 0 unspecified atom stereocenters. The minimum atomic E-state index is -1.24. The first-order valence-corrected chi connectivity index (χ1v) is 2.58. The van der Waals surface area contributed by atoms with Gasteiger partial charge in [0, 0.05) is 6.42 Å². The maximum atomic E-state index is 11.4. The molecule has 2 N–H and O–H groups in total. The maximum Gasteiger partial charge on any atom is 0.148 e. The summed E-state index contributed by atoms with van der Waals surface area (Å²) < 4.78 is 11.4. The second kappa shape index (κ2) is 4.40. The predicted octanol–water partition coefficient (Wildman–Crippen LogP) is -0.733. The normalized spacial score (nSPS) is 16.8. The van der Waals surface area contributed by atoms with Crippen LogP contribution in [0.1, 0.15) is 6.42 Å². The third-order valence-corrected chi connectivity index (χ3v) is 0.849. The second-order valence-electron chi connectivity index (χ2n) is 1.75. The molecular formula is C5H9FO3. The van der Waals surface area contributed by atoms with Crippen molar-refractivity contribution < 1.29 is 19.4 Å². The van der Waals surface area contributed by atoms with Crippen LogP contribution in [0.15, 0.2) is 0 Å². The highest BCUT2D eigenvalue weighted by Crippen LogP contribution is 1.95. The van der Waals surface area contributed by atoms with Gasteiger partial charge in [-0.05, 0) is 0 Å². The van der Waals surface area contributed by atoms with E-state index in [-0.39, 0.29) is 12.7 Å². The molecule has 0 heterocycles. The minimum Gasteiger partial charge on any atom is -0.390 e. The zero-order valence-corrected chi connectivity index (χ0v) is 4.83. The van der Waals surface area contributed by atoms with Gasteiger partial charge >= 0.3 is 0 Å². The van der Waals surface area contributed by atoms with Crippen LogP contribution in [0.4, 0.5) is 4.39 Å². The predicted molar refractivity (Wildman–Crippen MR) is 28.7 cm³/mol. The van der Waals surface area contributed by atoms with E-state index in [1.54, 1.807) is 0 Å². The van der Waals surface area contributed by atoms with Crippen LogP contribution in [-0.2, 0) is 4.79 Å². The van der Waals surface area contributed by atoms with Crippen LogP contribution in [0.25, 0.3) is 0 Å². The van der Waals surface area contributed by atoms with Gasteiger partial charge in [-0.1, -0.05) is 0 Å². The van der Waals surface area contributed by atoms with E-state index in [1.807, 2.05) is 0 Å². The molecule has 0 bridgehead atoms. The molecule has 0 aromatic carbocycles. The van der Waals surface area contributed by atoms with Crippen molar-refractivity contribution in [2.45, 2.75) is 18.6 Å². The Hall–Kier alpha value is -0.480. The lowest BCUT2D eigenvalue weighted by Gasteiger charge is -2.05. The van der Waals surface area contributed by atoms with Crippen molar-refractivity contribution in [2.75, 3.05) is 6.67 Å². The molecule has 9 heavy (non-hydrogen) atoms. The zero-order valence-electron chi connectivity index (χ0n) is 4.83. The molecule has 4 heteroatoms. The summed E-state index contributed by atoms with van der Waals surface area (Å²) in [5.41, 5.74) is 0. The van der Waals surface area contributed by atoms with Gasteiger partial charge < -0.3 is 15.0 Å². The number of carbonyl (C=O) groups is 1. The van der Waals surface area contributed by atoms with E-state index >= 15 is 0 Å². The molecule has 0 radical (unpaired) electrons. The topological polar surface area (TPSA) is 57.5 Å². The minimum absolute atomic E-state index is 0.222. The Morgan fingerprint density at radius 3 is 2.44 bits per heavy atom. The molecule has 0 spiro atoms. The van der Waals surface area contributed by atoms with E-state index in [9.17, 15) is 9.18 Å². The standard InChI is InChI=1S/C5H9FO3/c6-2-4(8)1-5(9)3-7/h3-5,8-9H,1-2H2/t4-,5+/m0/s1. The lowest BCUT2D eigenvalue weighted by Crippen LogP contribution is -2.19. The largest absolute Gasteiger partial charge is 0.390 e. The monoisotopic (exact) mass is 136 g/mol. The lowest BCUT2D eigenvalue weighted by atomic mass is 10.2. The average molecular weight is 136 g/mol. The Morgan fingerprint density at radius 2 is 2.11 bits per heavy atom. The Labute approximate surface area is 52.1 Å². The van der Waals surface area contributed by atoms with Gasteiger partial charge in [-0.25, -0.2) is 4.39 Å². The summed E-state index contributed by atoms with van der Waals surface area (Å²) in [7, 11) is 0. The summed E-state index contributed by atoms with van der Waals surface area (Å²) in [6, 6.07) is 0. The smallest absolute Gasteiger partial charge is 0.148 e. The summed E-state index contributed by atoms with van der Waals surface area (Å²) in [5.74, 6) is 0. The number of hydrogen-bond donors (Lipinski definition) is 2. The van der Waals surface area contributed by atoms with E-state index in [1.165, 1.54) is 0 Å². The number of alkyl halides is 1. The molecule has 0 aliphatic rings. The van der Waals surface area contributed by atoms with Crippen molar-refractivity contribution in [1.29, 1.82) is 0 Å². The van der Waals surface area contributed by atoms with Crippen LogP contribution in [0.3, 0.4) is 0 Å². The molecule has 0 rings (SSSR count). The Morgan fingerprint density at radius 1 is 1.56 bits per heavy atom. The van der Waals surface area contributed by atoms with E-state index < -0.39 is 18.9 Å². The van der Waals surface area contributed by atoms with E-state index in [2.05, 4.69) is 0 Å². The van der Waals surface area contributed by atoms with Crippen molar-refractivity contribution in [3.8, 4) is 0 Å². The van der Waals surface area contributed by atoms with Gasteiger partial charge in [-0.15, -0.1) is 0 Å². The summed E-state index contributed by atoms with van der Waals surface area (Å²) >= 11 is 0. The first-order chi connectivity index (χ1) is 4.20. The molecule has 0 aliphatic heterocycles. The third-order valence-electron chi connectivity index (χ3n) is 0.849. The fourth-order valence-corrected chi connectivity index (χ4v) is 0.397. The number of halogens is 1. The first kappa shape index (κ1) is 8.52. The van der Waals surface area contributed by atoms with Gasteiger partial charge in [0.25, 0.3) is 0 Å². The van der Waals surface area contributed by atoms with Crippen LogP contribution in [-0.4, -0.2) is 35.4 Å². The number of hydrogen-bond acceptors (Lipinski definition) is 3. The zero-order chi connectivity index (χ0) is 7.28. The molecule has 0 saturated heterocycles. The fourth-order valence-electron chi connectivity index (χ4n) is 0.397. The van der Waals surface area contributed by atoms with Crippen molar-refractivity contribution in [1.82, 2.24) is 0 Å². The van der Waals surface area contributed by atoms with E-state index in [0.29, 0.717) is 0 Å². The molecule has 54 valence electrons. The number of carbonyl (C=O) groups excluding carboxylic acids is 1. The van der Waals surface area contributed by atoms with Gasteiger partial charge in [0.15, 0.2) is 0 Å². The Bertz CT molecular complexity index is 86.3. The number of aldehydes is 1. The first-order valence-electron chi connectivity index (χ1n) is 2.58. The third kappa shape index (κ3) is 4.05. The summed E-state index contributed by atoms with van der Waals surface area (Å²) in [6.07, 6.45) is -2.42. The molecule has 0 fully saturated rings. The highest BCUT2D eigenvalue weighted by Gasteiger charge is 2.09. The van der Waals surface area contributed by atoms with Crippen molar-refractivity contribution in [3.63, 3.8) is 0 Å². The fraction of sp³-hybridized carbons (Fsp3) is 0.800. The van der Waals surface area contributed by atoms with E-state index in [4.69, 9.17) is 10.2 Å². The Balaban J connectivity index is 3.33. The van der Waals surface area contributed by atoms with Crippen LogP contribution < -0.4 is 0 Å². The average Bonchev–Trinajstić information content (AvgIpc) is 1.87. The Kier molecular flexibility index (Phi) is 4.17. The number of aliphatic hydroxyl groups is 2. The molecular weight excluding hydrogens is 127 g/mol. The van der Waals surface area contributed by atoms with Crippen molar-refractivity contribution in [2.24, 2.45) is 0 Å². The van der Waals surface area contributed by atoms with Crippen molar-refractivity contribution >= 4 is 6.29 Å². The second-order valence-corrected chi connectivity index (χ2v) is 1.75. The maximum absolute atomic E-state index is 11.4. The van der Waals surface area contributed by atoms with Gasteiger partial charge in [-0.2, -0.15) is 0 Å². The van der Waals surface area contributed by atoms with E-state index in [0.717, 1.165) is 0 Å². The highest BCUT2D eigenvalue weighted by atomic mass is 19.1. The number of rotatable bonds is 4. The van der Waals surface area contributed by atoms with Gasteiger partial charge in [-0.3, -0.25) is 0 Å². The van der Waals surface area contributed by atoms with Crippen LogP contribution in [0.5, 0.6) is 0 Å². The molecule has 0 aliphatic carbocycles. The molecule has 0 saturated carbocycles. The quantitative estimate of drug-likeness (QED) is 0.501. The highest BCUT2D eigenvalue weighted by molar-refractivity contribution is 5.55. The summed E-state index contributed by atoms with van der Waals surface area (Å²) in [6.45, 7) is -0.926. The van der Waals surface area contributed by atoms with Gasteiger partial charge in [0.1, 0.15) is 19.1 Å². The summed E-state index contributed by atoms with van der Waals surface area (Å²) in [4.78, 5) is 9.67. The summed E-state index contributed by atoms with van der Waals surface area (Å²) in [5, 5.41) is 16.9. The molecule has 0 aromatic rings. The lowest BCUT2D eigenvalue weighted by molar-refractivity contribution is -0.116.